The SMILES string of the molecule is CN(C)C=Nc1cc(O)c(OCCCN2CCOCC2)cc1C#N. The number of benzene rings is 1. The quantitative estimate of drug-likeness (QED) is 0.464. The molecule has 1 fully saturated rings. The molecule has 0 aromatic heterocycles. The summed E-state index contributed by atoms with van der Waals surface area (Å²) >= 11 is 0. The minimum absolute atomic E-state index is 0.00808. The number of hydrogen-bond acceptors (Lipinski definition) is 6. The van der Waals surface area contributed by atoms with E-state index in [1.807, 2.05) is 14.1 Å². The second kappa shape index (κ2) is 9.11. The summed E-state index contributed by atoms with van der Waals surface area (Å²) in [4.78, 5) is 8.26. The van der Waals surface area contributed by atoms with Crippen LogP contribution in [0, 0.1) is 11.3 Å². The summed E-state index contributed by atoms with van der Waals surface area (Å²) in [6.07, 6.45) is 2.43. The van der Waals surface area contributed by atoms with Crippen LogP contribution >= 0.6 is 0 Å². The van der Waals surface area contributed by atoms with Gasteiger partial charge in [-0.15, -0.1) is 0 Å². The highest BCUT2D eigenvalue weighted by molar-refractivity contribution is 5.68. The first-order valence-electron chi connectivity index (χ1n) is 8.01. The normalized spacial score (nSPS) is 15.4. The van der Waals surface area contributed by atoms with E-state index in [1.54, 1.807) is 11.2 Å². The number of morpholine rings is 1. The van der Waals surface area contributed by atoms with E-state index >= 15 is 0 Å². The molecule has 0 aliphatic carbocycles. The highest BCUT2D eigenvalue weighted by Crippen LogP contribution is 2.33. The second-order valence-corrected chi connectivity index (χ2v) is 5.81. The second-order valence-electron chi connectivity index (χ2n) is 5.81. The van der Waals surface area contributed by atoms with Gasteiger partial charge in [-0.1, -0.05) is 0 Å². The van der Waals surface area contributed by atoms with Crippen LogP contribution in [0.4, 0.5) is 5.69 Å². The summed E-state index contributed by atoms with van der Waals surface area (Å²) in [5, 5.41) is 19.3. The highest BCUT2D eigenvalue weighted by Gasteiger charge is 2.12. The third-order valence-electron chi connectivity index (χ3n) is 3.61. The molecule has 1 aliphatic rings. The Labute approximate surface area is 142 Å². The van der Waals surface area contributed by atoms with Crippen molar-refractivity contribution in [3.8, 4) is 17.6 Å². The smallest absolute Gasteiger partial charge is 0.162 e. The monoisotopic (exact) mass is 332 g/mol. The maximum Gasteiger partial charge on any atom is 0.162 e. The number of nitrogens with zero attached hydrogens (tertiary/aromatic N) is 4. The van der Waals surface area contributed by atoms with E-state index in [9.17, 15) is 10.4 Å². The Morgan fingerprint density at radius 2 is 2.17 bits per heavy atom. The molecule has 130 valence electrons. The number of aliphatic imine (C=N–C) groups is 1. The van der Waals surface area contributed by atoms with Gasteiger partial charge in [0.05, 0.1) is 37.4 Å². The van der Waals surface area contributed by atoms with E-state index in [-0.39, 0.29) is 5.75 Å². The van der Waals surface area contributed by atoms with Crippen molar-refractivity contribution in [2.24, 2.45) is 4.99 Å². The first-order valence-corrected chi connectivity index (χ1v) is 8.01. The Morgan fingerprint density at radius 1 is 1.42 bits per heavy atom. The fraction of sp³-hybridized carbons (Fsp3) is 0.529. The van der Waals surface area contributed by atoms with E-state index < -0.39 is 0 Å². The molecule has 0 amide bonds. The van der Waals surface area contributed by atoms with Gasteiger partial charge in [-0.3, -0.25) is 4.90 Å². The van der Waals surface area contributed by atoms with Crippen LogP contribution in [0.3, 0.4) is 0 Å². The fourth-order valence-corrected chi connectivity index (χ4v) is 2.34. The van der Waals surface area contributed by atoms with E-state index in [1.165, 1.54) is 12.1 Å². The molecule has 0 saturated carbocycles. The first kappa shape index (κ1) is 18.0. The molecule has 1 aromatic rings. The first-order chi connectivity index (χ1) is 11.6. The predicted octanol–water partition coefficient (Wildman–Crippen LogP) is 1.59. The minimum Gasteiger partial charge on any atom is -0.504 e. The zero-order chi connectivity index (χ0) is 17.4. The molecule has 1 aliphatic heterocycles. The van der Waals surface area contributed by atoms with E-state index in [0.29, 0.717) is 23.6 Å². The Bertz CT molecular complexity index is 605. The topological polar surface area (TPSA) is 81.3 Å². The molecular weight excluding hydrogens is 308 g/mol. The van der Waals surface area contributed by atoms with Crippen LogP contribution in [-0.4, -0.2) is 74.8 Å². The van der Waals surface area contributed by atoms with Gasteiger partial charge in [0.25, 0.3) is 0 Å². The number of phenols is 1. The molecule has 1 N–H and O–H groups in total. The van der Waals surface area contributed by atoms with Crippen molar-refractivity contribution in [1.29, 1.82) is 5.26 Å². The molecule has 1 heterocycles. The van der Waals surface area contributed by atoms with Gasteiger partial charge in [0, 0.05) is 45.9 Å². The summed E-state index contributed by atoms with van der Waals surface area (Å²) in [5.41, 5.74) is 0.790. The van der Waals surface area contributed by atoms with Crippen molar-refractivity contribution in [3.63, 3.8) is 0 Å². The lowest BCUT2D eigenvalue weighted by molar-refractivity contribution is 0.0357. The zero-order valence-electron chi connectivity index (χ0n) is 14.2. The predicted molar refractivity (Wildman–Crippen MR) is 92.0 cm³/mol. The van der Waals surface area contributed by atoms with E-state index in [2.05, 4.69) is 16.0 Å². The maximum absolute atomic E-state index is 10.1. The number of aromatic hydroxyl groups is 1. The molecule has 7 nitrogen and oxygen atoms in total. The fourth-order valence-electron chi connectivity index (χ4n) is 2.34. The summed E-state index contributed by atoms with van der Waals surface area (Å²) in [6, 6.07) is 5.07. The van der Waals surface area contributed by atoms with Gasteiger partial charge >= 0.3 is 0 Å². The van der Waals surface area contributed by atoms with Crippen molar-refractivity contribution < 1.29 is 14.6 Å². The van der Waals surface area contributed by atoms with Gasteiger partial charge in [-0.2, -0.15) is 5.26 Å². The lowest BCUT2D eigenvalue weighted by Gasteiger charge is -2.26. The van der Waals surface area contributed by atoms with E-state index in [4.69, 9.17) is 9.47 Å². The molecule has 1 aromatic carbocycles. The van der Waals surface area contributed by atoms with Crippen LogP contribution < -0.4 is 4.74 Å². The highest BCUT2D eigenvalue weighted by atomic mass is 16.5. The standard InChI is InChI=1S/C17H24N4O3/c1-20(2)13-19-15-11-16(22)17(10-14(15)12-18)24-7-3-4-21-5-8-23-9-6-21/h10-11,13,22H,3-9H2,1-2H3. The molecular formula is C17H24N4O3. The van der Waals surface area contributed by atoms with Gasteiger partial charge in [0.15, 0.2) is 11.5 Å². The summed E-state index contributed by atoms with van der Waals surface area (Å²) in [5.74, 6) is 0.309. The van der Waals surface area contributed by atoms with Crippen LogP contribution in [-0.2, 0) is 4.74 Å². The molecule has 0 atom stereocenters. The number of hydrogen-bond donors (Lipinski definition) is 1. The van der Waals surface area contributed by atoms with Crippen LogP contribution in [0.2, 0.25) is 0 Å². The molecule has 24 heavy (non-hydrogen) atoms. The van der Waals surface area contributed by atoms with Crippen LogP contribution in [0.25, 0.3) is 0 Å². The molecule has 0 unspecified atom stereocenters. The molecule has 0 bridgehead atoms. The van der Waals surface area contributed by atoms with Gasteiger partial charge in [-0.25, -0.2) is 4.99 Å². The summed E-state index contributed by atoms with van der Waals surface area (Å²) in [7, 11) is 3.67. The van der Waals surface area contributed by atoms with Crippen LogP contribution in [0.15, 0.2) is 17.1 Å². The summed E-state index contributed by atoms with van der Waals surface area (Å²) in [6.45, 7) is 4.87. The van der Waals surface area contributed by atoms with Gasteiger partial charge in [-0.05, 0) is 6.42 Å². The van der Waals surface area contributed by atoms with Crippen molar-refractivity contribution in [1.82, 2.24) is 9.80 Å². The molecule has 0 spiro atoms. The average molecular weight is 332 g/mol. The maximum atomic E-state index is 10.1. The Kier molecular flexibility index (Phi) is 6.85. The Hall–Kier alpha value is -2.30. The van der Waals surface area contributed by atoms with Gasteiger partial charge in [0.2, 0.25) is 0 Å². The van der Waals surface area contributed by atoms with Crippen molar-refractivity contribution in [3.05, 3.63) is 17.7 Å². The van der Waals surface area contributed by atoms with E-state index in [0.717, 1.165) is 39.3 Å². The van der Waals surface area contributed by atoms with Crippen molar-refractivity contribution >= 4 is 12.0 Å². The van der Waals surface area contributed by atoms with Crippen LogP contribution in [0.1, 0.15) is 12.0 Å². The number of rotatable bonds is 7. The summed E-state index contributed by atoms with van der Waals surface area (Å²) < 4.78 is 10.9. The molecule has 1 saturated heterocycles. The van der Waals surface area contributed by atoms with Gasteiger partial charge in [0.1, 0.15) is 6.07 Å². The minimum atomic E-state index is -0.00808. The third-order valence-corrected chi connectivity index (χ3v) is 3.61. The Morgan fingerprint density at radius 3 is 2.83 bits per heavy atom. The number of nitriles is 1. The number of ether oxygens (including phenoxy) is 2. The molecule has 0 radical (unpaired) electrons. The Balaban J connectivity index is 1.91. The van der Waals surface area contributed by atoms with Crippen molar-refractivity contribution in [2.45, 2.75) is 6.42 Å². The number of phenolic OH excluding ortho intramolecular Hbond substituents is 1. The third kappa shape index (κ3) is 5.41. The molecule has 7 heteroatoms. The average Bonchev–Trinajstić information content (AvgIpc) is 2.59. The van der Waals surface area contributed by atoms with Crippen molar-refractivity contribution in [2.75, 3.05) is 53.6 Å². The molecule has 2 rings (SSSR count). The zero-order valence-corrected chi connectivity index (χ0v) is 14.2. The lowest BCUT2D eigenvalue weighted by atomic mass is 10.1. The van der Waals surface area contributed by atoms with Gasteiger partial charge < -0.3 is 19.5 Å². The van der Waals surface area contributed by atoms with Crippen LogP contribution in [0.5, 0.6) is 11.5 Å². The largest absolute Gasteiger partial charge is 0.504 e. The lowest BCUT2D eigenvalue weighted by Crippen LogP contribution is -2.37.